The second-order valence-electron chi connectivity index (χ2n) is 5.70. The second kappa shape index (κ2) is 8.94. The highest BCUT2D eigenvalue weighted by atomic mass is 16.5. The Morgan fingerprint density at radius 3 is 2.42 bits per heavy atom. The van der Waals surface area contributed by atoms with Gasteiger partial charge in [-0.15, -0.1) is 0 Å². The number of aromatic nitrogens is 2. The second-order valence-corrected chi connectivity index (χ2v) is 5.70. The molecule has 2 aromatic rings. The van der Waals surface area contributed by atoms with E-state index >= 15 is 0 Å². The molecule has 0 aliphatic carbocycles. The number of carbonyl (C=O) groups is 1. The first-order valence-electron chi connectivity index (χ1n) is 8.36. The number of carbonyl (C=O) groups excluding carboxylic acids is 1. The summed E-state index contributed by atoms with van der Waals surface area (Å²) in [5.74, 6) is 1.99. The molecular weight excluding hydrogens is 334 g/mol. The summed E-state index contributed by atoms with van der Waals surface area (Å²) in [5.41, 5.74) is 0.755. The van der Waals surface area contributed by atoms with E-state index in [1.807, 2.05) is 0 Å². The van der Waals surface area contributed by atoms with E-state index in [-0.39, 0.29) is 11.9 Å². The number of benzene rings is 1. The van der Waals surface area contributed by atoms with Gasteiger partial charge in [0.15, 0.2) is 11.5 Å². The van der Waals surface area contributed by atoms with Crippen LogP contribution >= 0.6 is 0 Å². The van der Waals surface area contributed by atoms with Crippen LogP contribution in [0.1, 0.15) is 31.9 Å². The molecule has 0 spiro atoms. The summed E-state index contributed by atoms with van der Waals surface area (Å²) in [7, 11) is 4.64. The molecule has 0 saturated heterocycles. The summed E-state index contributed by atoms with van der Waals surface area (Å²) in [4.78, 5) is 12.3. The Bertz CT molecular complexity index is 758. The maximum absolute atomic E-state index is 12.3. The number of hydrogen-bond donors (Lipinski definition) is 1. The van der Waals surface area contributed by atoms with Crippen LogP contribution in [0.25, 0.3) is 6.08 Å². The lowest BCUT2D eigenvalue weighted by atomic mass is 10.1. The zero-order chi connectivity index (χ0) is 19.1. The Balaban J connectivity index is 2.17. The van der Waals surface area contributed by atoms with Gasteiger partial charge >= 0.3 is 0 Å². The minimum Gasteiger partial charge on any atom is -0.493 e. The van der Waals surface area contributed by atoms with Crippen molar-refractivity contribution >= 4 is 17.8 Å². The molecule has 0 saturated carbocycles. The lowest BCUT2D eigenvalue weighted by Gasteiger charge is -2.13. The topological polar surface area (TPSA) is 74.6 Å². The van der Waals surface area contributed by atoms with Crippen molar-refractivity contribution in [2.75, 3.05) is 26.6 Å². The standard InChI is InChI=1S/C19H25N3O4/c1-6-13(2)22-17(9-10-20-22)21-18(23)8-7-14-11-15(24-3)19(26-5)16(12-14)25-4/h7-13H,6H2,1-5H3,(H,21,23). The molecular formula is C19H25N3O4. The largest absolute Gasteiger partial charge is 0.493 e. The van der Waals surface area contributed by atoms with Gasteiger partial charge in [0.05, 0.1) is 33.6 Å². The first kappa shape index (κ1) is 19.4. The van der Waals surface area contributed by atoms with E-state index in [1.54, 1.807) is 56.5 Å². The molecule has 7 nitrogen and oxygen atoms in total. The van der Waals surface area contributed by atoms with Gasteiger partial charge in [-0.3, -0.25) is 4.79 Å². The van der Waals surface area contributed by atoms with Gasteiger partial charge in [-0.1, -0.05) is 6.92 Å². The number of rotatable bonds is 8. The van der Waals surface area contributed by atoms with Crippen LogP contribution in [0.3, 0.4) is 0 Å². The van der Waals surface area contributed by atoms with Crippen LogP contribution in [0, 0.1) is 0 Å². The quantitative estimate of drug-likeness (QED) is 0.730. The molecule has 1 unspecified atom stereocenters. The number of nitrogens with zero attached hydrogens (tertiary/aromatic N) is 2. The van der Waals surface area contributed by atoms with Crippen molar-refractivity contribution in [3.63, 3.8) is 0 Å². The average Bonchev–Trinajstić information content (AvgIpc) is 3.12. The molecule has 0 bridgehead atoms. The zero-order valence-electron chi connectivity index (χ0n) is 15.8. The summed E-state index contributed by atoms with van der Waals surface area (Å²) in [6.07, 6.45) is 5.73. The maximum atomic E-state index is 12.3. The molecule has 1 amide bonds. The Morgan fingerprint density at radius 2 is 1.88 bits per heavy atom. The van der Waals surface area contributed by atoms with Crippen LogP contribution in [-0.2, 0) is 4.79 Å². The minimum absolute atomic E-state index is 0.208. The summed E-state index contributed by atoms with van der Waals surface area (Å²) in [6.45, 7) is 4.12. The molecule has 0 aliphatic rings. The Labute approximate surface area is 153 Å². The fourth-order valence-corrected chi connectivity index (χ4v) is 2.47. The minimum atomic E-state index is -0.246. The fraction of sp³-hybridized carbons (Fsp3) is 0.368. The average molecular weight is 359 g/mol. The van der Waals surface area contributed by atoms with E-state index in [0.717, 1.165) is 12.0 Å². The van der Waals surface area contributed by atoms with E-state index in [9.17, 15) is 4.79 Å². The zero-order valence-corrected chi connectivity index (χ0v) is 15.8. The summed E-state index contributed by atoms with van der Waals surface area (Å²) in [5, 5.41) is 7.10. The number of nitrogens with one attached hydrogen (secondary N) is 1. The normalized spacial score (nSPS) is 12.0. The van der Waals surface area contributed by atoms with E-state index < -0.39 is 0 Å². The monoisotopic (exact) mass is 359 g/mol. The van der Waals surface area contributed by atoms with Crippen LogP contribution < -0.4 is 19.5 Å². The molecule has 1 aromatic heterocycles. The Hall–Kier alpha value is -2.96. The molecule has 1 atom stereocenters. The summed E-state index contributed by atoms with van der Waals surface area (Å²) < 4.78 is 17.7. The van der Waals surface area contributed by atoms with Gasteiger partial charge < -0.3 is 19.5 Å². The van der Waals surface area contributed by atoms with E-state index in [4.69, 9.17) is 14.2 Å². The predicted molar refractivity (Wildman–Crippen MR) is 101 cm³/mol. The third-order valence-electron chi connectivity index (χ3n) is 4.04. The van der Waals surface area contributed by atoms with Crippen LogP contribution in [0.5, 0.6) is 17.2 Å². The molecule has 1 aromatic carbocycles. The highest BCUT2D eigenvalue weighted by Gasteiger charge is 2.13. The van der Waals surface area contributed by atoms with Crippen LogP contribution in [0.4, 0.5) is 5.82 Å². The molecule has 0 radical (unpaired) electrons. The van der Waals surface area contributed by atoms with Crippen molar-refractivity contribution in [2.45, 2.75) is 26.3 Å². The molecule has 7 heteroatoms. The summed E-state index contributed by atoms with van der Waals surface area (Å²) >= 11 is 0. The van der Waals surface area contributed by atoms with Gasteiger partial charge in [0.1, 0.15) is 5.82 Å². The maximum Gasteiger partial charge on any atom is 0.249 e. The first-order valence-corrected chi connectivity index (χ1v) is 8.36. The van der Waals surface area contributed by atoms with Crippen molar-refractivity contribution in [3.05, 3.63) is 36.0 Å². The fourth-order valence-electron chi connectivity index (χ4n) is 2.47. The Morgan fingerprint density at radius 1 is 1.23 bits per heavy atom. The van der Waals surface area contributed by atoms with Gasteiger partial charge in [-0.2, -0.15) is 5.10 Å². The number of hydrogen-bond acceptors (Lipinski definition) is 5. The van der Waals surface area contributed by atoms with Crippen LogP contribution in [0.15, 0.2) is 30.5 Å². The summed E-state index contributed by atoms with van der Waals surface area (Å²) in [6, 6.07) is 5.53. The third-order valence-corrected chi connectivity index (χ3v) is 4.04. The SMILES string of the molecule is CCC(C)n1nccc1NC(=O)C=Cc1cc(OC)c(OC)c(OC)c1. The van der Waals surface area contributed by atoms with Gasteiger partial charge in [0, 0.05) is 12.1 Å². The molecule has 2 rings (SSSR count). The smallest absolute Gasteiger partial charge is 0.249 e. The van der Waals surface area contributed by atoms with E-state index in [1.165, 1.54) is 6.08 Å². The van der Waals surface area contributed by atoms with E-state index in [2.05, 4.69) is 24.3 Å². The lowest BCUT2D eigenvalue weighted by Crippen LogP contribution is -2.15. The Kier molecular flexibility index (Phi) is 6.66. The number of amides is 1. The van der Waals surface area contributed by atoms with Crippen LogP contribution in [-0.4, -0.2) is 37.0 Å². The molecule has 1 heterocycles. The van der Waals surface area contributed by atoms with Gasteiger partial charge in [-0.25, -0.2) is 4.68 Å². The molecule has 26 heavy (non-hydrogen) atoms. The number of ether oxygens (including phenoxy) is 3. The van der Waals surface area contributed by atoms with Gasteiger partial charge in [0.25, 0.3) is 0 Å². The molecule has 0 fully saturated rings. The van der Waals surface area contributed by atoms with Gasteiger partial charge in [0.2, 0.25) is 11.7 Å². The molecule has 140 valence electrons. The van der Waals surface area contributed by atoms with Crippen molar-refractivity contribution in [3.8, 4) is 17.2 Å². The number of anilines is 1. The van der Waals surface area contributed by atoms with Crippen molar-refractivity contribution < 1.29 is 19.0 Å². The predicted octanol–water partition coefficient (Wildman–Crippen LogP) is 3.53. The highest BCUT2D eigenvalue weighted by Crippen LogP contribution is 2.38. The van der Waals surface area contributed by atoms with Crippen molar-refractivity contribution in [1.29, 1.82) is 0 Å². The third kappa shape index (κ3) is 4.36. The van der Waals surface area contributed by atoms with E-state index in [0.29, 0.717) is 23.1 Å². The molecule has 1 N–H and O–H groups in total. The van der Waals surface area contributed by atoms with Crippen molar-refractivity contribution in [1.82, 2.24) is 9.78 Å². The van der Waals surface area contributed by atoms with Crippen molar-refractivity contribution in [2.24, 2.45) is 0 Å². The first-order chi connectivity index (χ1) is 12.5. The molecule has 0 aliphatic heterocycles. The lowest BCUT2D eigenvalue weighted by molar-refractivity contribution is -0.111. The van der Waals surface area contributed by atoms with Crippen LogP contribution in [0.2, 0.25) is 0 Å². The number of methoxy groups -OCH3 is 3. The highest BCUT2D eigenvalue weighted by molar-refractivity contribution is 6.01. The van der Waals surface area contributed by atoms with Gasteiger partial charge in [-0.05, 0) is 37.1 Å².